The van der Waals surface area contributed by atoms with Gasteiger partial charge in [0.25, 0.3) is 0 Å². The number of benzene rings is 2. The SMILES string of the molecule is CC(C)(C)NC[C@@H](O)CN1CN(c2ccccc2)C2(CCN(CCc3ccccc3-c3cccs3)CC2)C1=O. The molecule has 2 aliphatic heterocycles. The summed E-state index contributed by atoms with van der Waals surface area (Å²) >= 11 is 1.79. The number of rotatable bonds is 9. The molecule has 7 heteroatoms. The van der Waals surface area contributed by atoms with Crippen LogP contribution in [0, 0.1) is 0 Å². The van der Waals surface area contributed by atoms with Crippen molar-refractivity contribution in [3.63, 3.8) is 0 Å². The van der Waals surface area contributed by atoms with E-state index in [4.69, 9.17) is 0 Å². The van der Waals surface area contributed by atoms with Gasteiger partial charge in [0, 0.05) is 48.8 Å². The van der Waals surface area contributed by atoms with E-state index in [0.29, 0.717) is 19.8 Å². The zero-order valence-corrected chi connectivity index (χ0v) is 24.3. The van der Waals surface area contributed by atoms with E-state index >= 15 is 0 Å². The normalized spacial score (nSPS) is 18.7. The molecular weight excluding hydrogens is 504 g/mol. The molecule has 2 aromatic carbocycles. The van der Waals surface area contributed by atoms with Gasteiger partial charge in [0.1, 0.15) is 5.54 Å². The molecule has 2 N–H and O–H groups in total. The molecule has 0 radical (unpaired) electrons. The standard InChI is InChI=1S/C32H42N4O2S/c1-31(2,3)33-22-27(37)23-35-24-36(26-11-5-4-6-12-26)32(30(35)38)16-19-34(20-17-32)18-15-25-10-7-8-13-28(25)29-14-9-21-39-29/h4-14,21,27,33,37H,15-20,22-24H2,1-3H3/t27-/m1/s1. The van der Waals surface area contributed by atoms with Crippen molar-refractivity contribution < 1.29 is 9.90 Å². The Hall–Kier alpha value is -2.71. The van der Waals surface area contributed by atoms with E-state index in [1.165, 1.54) is 16.0 Å². The third kappa shape index (κ3) is 6.38. The summed E-state index contributed by atoms with van der Waals surface area (Å²) in [5.41, 5.74) is 3.16. The number of aliphatic hydroxyl groups excluding tert-OH is 1. The second-order valence-corrected chi connectivity index (χ2v) is 12.9. The first-order valence-corrected chi connectivity index (χ1v) is 15.0. The Morgan fingerprint density at radius 2 is 1.72 bits per heavy atom. The zero-order chi connectivity index (χ0) is 27.5. The first-order chi connectivity index (χ1) is 18.7. The third-order valence-corrected chi connectivity index (χ3v) is 8.97. The molecule has 5 rings (SSSR count). The molecule has 1 atom stereocenters. The Morgan fingerprint density at radius 1 is 1.00 bits per heavy atom. The predicted octanol–water partition coefficient (Wildman–Crippen LogP) is 4.85. The van der Waals surface area contributed by atoms with Crippen molar-refractivity contribution in [3.05, 3.63) is 77.7 Å². The first-order valence-electron chi connectivity index (χ1n) is 14.1. The molecule has 3 heterocycles. The molecule has 0 saturated carbocycles. The minimum absolute atomic E-state index is 0.0790. The average molecular weight is 547 g/mol. The van der Waals surface area contributed by atoms with Gasteiger partial charge in [-0.2, -0.15) is 0 Å². The number of thiophene rings is 1. The van der Waals surface area contributed by atoms with Crippen LogP contribution >= 0.6 is 11.3 Å². The van der Waals surface area contributed by atoms with Gasteiger partial charge in [0.15, 0.2) is 0 Å². The molecule has 2 saturated heterocycles. The lowest BCUT2D eigenvalue weighted by molar-refractivity contribution is -0.134. The molecular formula is C32H42N4O2S. The molecule has 0 aliphatic carbocycles. The van der Waals surface area contributed by atoms with Crippen LogP contribution in [0.25, 0.3) is 10.4 Å². The van der Waals surface area contributed by atoms with Gasteiger partial charge >= 0.3 is 0 Å². The molecule has 2 aliphatic rings. The largest absolute Gasteiger partial charge is 0.390 e. The van der Waals surface area contributed by atoms with Crippen molar-refractivity contribution in [2.24, 2.45) is 0 Å². The smallest absolute Gasteiger partial charge is 0.250 e. The van der Waals surface area contributed by atoms with Crippen molar-refractivity contribution in [1.29, 1.82) is 0 Å². The van der Waals surface area contributed by atoms with Crippen molar-refractivity contribution in [2.75, 3.05) is 44.3 Å². The summed E-state index contributed by atoms with van der Waals surface area (Å²) in [6.45, 7) is 10.3. The maximum absolute atomic E-state index is 14.0. The van der Waals surface area contributed by atoms with E-state index in [1.54, 1.807) is 11.3 Å². The number of nitrogens with one attached hydrogen (secondary N) is 1. The summed E-state index contributed by atoms with van der Waals surface area (Å²) in [7, 11) is 0. The fourth-order valence-electron chi connectivity index (χ4n) is 5.92. The molecule has 3 aromatic rings. The van der Waals surface area contributed by atoms with Crippen LogP contribution < -0.4 is 10.2 Å². The van der Waals surface area contributed by atoms with E-state index in [1.807, 2.05) is 23.1 Å². The summed E-state index contributed by atoms with van der Waals surface area (Å²) in [4.78, 5) is 22.0. The van der Waals surface area contributed by atoms with Gasteiger partial charge in [0.05, 0.1) is 12.8 Å². The number of carbonyl (C=O) groups is 1. The Morgan fingerprint density at radius 3 is 2.41 bits per heavy atom. The van der Waals surface area contributed by atoms with Gasteiger partial charge in [-0.3, -0.25) is 4.79 Å². The number of anilines is 1. The van der Waals surface area contributed by atoms with Gasteiger partial charge in [-0.25, -0.2) is 0 Å². The van der Waals surface area contributed by atoms with Crippen molar-refractivity contribution in [2.45, 2.75) is 57.2 Å². The molecule has 2 fully saturated rings. The summed E-state index contributed by atoms with van der Waals surface area (Å²) in [6.07, 6.45) is 1.97. The lowest BCUT2D eigenvalue weighted by Crippen LogP contribution is -2.57. The molecule has 208 valence electrons. The van der Waals surface area contributed by atoms with E-state index in [9.17, 15) is 9.90 Å². The average Bonchev–Trinajstić information content (AvgIpc) is 3.56. The van der Waals surface area contributed by atoms with Crippen LogP contribution in [0.2, 0.25) is 0 Å². The number of piperidine rings is 1. The van der Waals surface area contributed by atoms with Gasteiger partial charge in [-0.1, -0.05) is 48.5 Å². The number of amides is 1. The monoisotopic (exact) mass is 546 g/mol. The van der Waals surface area contributed by atoms with Crippen LogP contribution in [0.5, 0.6) is 0 Å². The summed E-state index contributed by atoms with van der Waals surface area (Å²) < 4.78 is 0. The molecule has 6 nitrogen and oxygen atoms in total. The van der Waals surface area contributed by atoms with Gasteiger partial charge in [-0.05, 0) is 74.7 Å². The minimum Gasteiger partial charge on any atom is -0.390 e. The van der Waals surface area contributed by atoms with Gasteiger partial charge in [0.2, 0.25) is 5.91 Å². The van der Waals surface area contributed by atoms with E-state index in [2.05, 4.69) is 89.8 Å². The summed E-state index contributed by atoms with van der Waals surface area (Å²) in [5, 5.41) is 16.3. The van der Waals surface area contributed by atoms with Crippen LogP contribution in [0.1, 0.15) is 39.2 Å². The number of nitrogens with zero attached hydrogens (tertiary/aromatic N) is 3. The van der Waals surface area contributed by atoms with Crippen LogP contribution in [-0.2, 0) is 11.2 Å². The zero-order valence-electron chi connectivity index (χ0n) is 23.5. The topological polar surface area (TPSA) is 59.1 Å². The highest BCUT2D eigenvalue weighted by Gasteiger charge is 2.53. The summed E-state index contributed by atoms with van der Waals surface area (Å²) in [5.74, 6) is 0.156. The van der Waals surface area contributed by atoms with Crippen molar-refractivity contribution >= 4 is 22.9 Å². The lowest BCUT2D eigenvalue weighted by atomic mass is 9.85. The number of β-amino-alcohol motifs (C(OH)–C–C–N with tert-alkyl or cyclic N) is 1. The Labute approximate surface area is 237 Å². The Kier molecular flexibility index (Phi) is 8.43. The number of para-hydroxylation sites is 1. The number of carbonyl (C=O) groups excluding carboxylic acids is 1. The number of aliphatic hydroxyl groups is 1. The number of hydrogen-bond donors (Lipinski definition) is 2. The maximum Gasteiger partial charge on any atom is 0.250 e. The first kappa shape index (κ1) is 27.8. The highest BCUT2D eigenvalue weighted by atomic mass is 32.1. The lowest BCUT2D eigenvalue weighted by Gasteiger charge is -2.43. The molecule has 1 amide bonds. The molecule has 0 unspecified atom stereocenters. The second-order valence-electron chi connectivity index (χ2n) is 12.0. The van der Waals surface area contributed by atoms with Gasteiger partial charge in [-0.15, -0.1) is 11.3 Å². The Bertz CT molecular complexity index is 1220. The molecule has 39 heavy (non-hydrogen) atoms. The van der Waals surface area contributed by atoms with Crippen molar-refractivity contribution in [3.8, 4) is 10.4 Å². The second kappa shape index (κ2) is 11.8. The van der Waals surface area contributed by atoms with Crippen LogP contribution in [0.15, 0.2) is 72.1 Å². The minimum atomic E-state index is -0.607. The van der Waals surface area contributed by atoms with Crippen molar-refractivity contribution in [1.82, 2.24) is 15.1 Å². The van der Waals surface area contributed by atoms with E-state index in [0.717, 1.165) is 44.6 Å². The predicted molar refractivity (Wildman–Crippen MR) is 161 cm³/mol. The molecule has 0 bridgehead atoms. The quantitative estimate of drug-likeness (QED) is 0.402. The van der Waals surface area contributed by atoms with Crippen LogP contribution in [0.3, 0.4) is 0 Å². The van der Waals surface area contributed by atoms with Crippen LogP contribution in [-0.4, -0.2) is 77.4 Å². The Balaban J connectivity index is 1.26. The third-order valence-electron chi connectivity index (χ3n) is 8.07. The summed E-state index contributed by atoms with van der Waals surface area (Å²) in [6, 6.07) is 23.3. The number of likely N-dealkylation sites (tertiary alicyclic amines) is 1. The highest BCUT2D eigenvalue weighted by molar-refractivity contribution is 7.13. The highest BCUT2D eigenvalue weighted by Crippen LogP contribution is 2.39. The molecule has 1 aromatic heterocycles. The maximum atomic E-state index is 14.0. The number of hydrogen-bond acceptors (Lipinski definition) is 6. The van der Waals surface area contributed by atoms with Crippen LogP contribution in [0.4, 0.5) is 5.69 Å². The molecule has 1 spiro atoms. The fourth-order valence-corrected chi connectivity index (χ4v) is 6.71. The van der Waals surface area contributed by atoms with Gasteiger partial charge < -0.3 is 25.1 Å². The van der Waals surface area contributed by atoms with E-state index in [-0.39, 0.29) is 11.4 Å². The fraction of sp³-hybridized carbons (Fsp3) is 0.469. The van der Waals surface area contributed by atoms with E-state index < -0.39 is 11.6 Å².